The van der Waals surface area contributed by atoms with Gasteiger partial charge in [-0.25, -0.2) is 4.98 Å². The Morgan fingerprint density at radius 1 is 1.19 bits per heavy atom. The van der Waals surface area contributed by atoms with Gasteiger partial charge in [-0.05, 0) is 25.1 Å². The van der Waals surface area contributed by atoms with E-state index in [1.54, 1.807) is 10.6 Å². The van der Waals surface area contributed by atoms with Crippen molar-refractivity contribution in [1.29, 1.82) is 0 Å². The number of fused-ring (bicyclic) bond motifs is 1. The summed E-state index contributed by atoms with van der Waals surface area (Å²) in [5.74, 6) is -0.366. The van der Waals surface area contributed by atoms with Gasteiger partial charge in [0.15, 0.2) is 0 Å². The van der Waals surface area contributed by atoms with Gasteiger partial charge >= 0.3 is 6.18 Å². The molecule has 0 atom stereocenters. The number of carbonyl (C=O) groups excluding carboxylic acids is 1. The topological polar surface area (TPSA) is 68.9 Å². The predicted molar refractivity (Wildman–Crippen MR) is 89.7 cm³/mol. The summed E-state index contributed by atoms with van der Waals surface area (Å²) in [4.78, 5) is 28.3. The molecule has 6 nitrogen and oxygen atoms in total. The lowest BCUT2D eigenvalue weighted by atomic mass is 10.3. The number of nitrogens with one attached hydrogen (secondary N) is 1. The van der Waals surface area contributed by atoms with E-state index >= 15 is 0 Å². The van der Waals surface area contributed by atoms with Crippen LogP contribution in [0.3, 0.4) is 0 Å². The minimum absolute atomic E-state index is 0.277. The van der Waals surface area contributed by atoms with Crippen LogP contribution in [0.15, 0.2) is 47.4 Å². The van der Waals surface area contributed by atoms with Crippen LogP contribution in [0.4, 0.5) is 19.1 Å². The van der Waals surface area contributed by atoms with Crippen LogP contribution in [0.5, 0.6) is 0 Å². The molecule has 0 aliphatic rings. The number of hydrogen-bond acceptors (Lipinski definition) is 3. The highest BCUT2D eigenvalue weighted by Crippen LogP contribution is 2.28. The van der Waals surface area contributed by atoms with Crippen LogP contribution in [0, 0.1) is 0 Å². The van der Waals surface area contributed by atoms with Gasteiger partial charge in [-0.3, -0.25) is 14.9 Å². The molecule has 0 aliphatic carbocycles. The summed E-state index contributed by atoms with van der Waals surface area (Å²) in [5.41, 5.74) is -0.190. The summed E-state index contributed by atoms with van der Waals surface area (Å²) in [6, 6.07) is 8.75. The van der Waals surface area contributed by atoms with Gasteiger partial charge in [0.2, 0.25) is 11.9 Å². The van der Waals surface area contributed by atoms with E-state index in [0.717, 1.165) is 16.2 Å². The summed E-state index contributed by atoms with van der Waals surface area (Å²) < 4.78 is 40.8. The van der Waals surface area contributed by atoms with Gasteiger partial charge in [0, 0.05) is 18.8 Å². The summed E-state index contributed by atoms with van der Waals surface area (Å²) >= 11 is 0. The van der Waals surface area contributed by atoms with E-state index in [1.807, 2.05) is 25.1 Å². The first-order chi connectivity index (χ1) is 12.3. The summed E-state index contributed by atoms with van der Waals surface area (Å²) in [6.07, 6.45) is -3.97. The molecule has 0 bridgehead atoms. The van der Waals surface area contributed by atoms with E-state index in [-0.39, 0.29) is 5.95 Å². The third kappa shape index (κ3) is 3.46. The Labute approximate surface area is 145 Å². The summed E-state index contributed by atoms with van der Waals surface area (Å²) in [5, 5.41) is 2.56. The largest absolute Gasteiger partial charge is 0.417 e. The highest BCUT2D eigenvalue weighted by atomic mass is 19.4. The molecule has 136 valence electrons. The minimum atomic E-state index is -4.60. The highest BCUT2D eigenvalue weighted by molar-refractivity contribution is 5.91. The number of hydrogen-bond donors (Lipinski definition) is 1. The van der Waals surface area contributed by atoms with E-state index in [4.69, 9.17) is 0 Å². The Bertz CT molecular complexity index is 1020. The lowest BCUT2D eigenvalue weighted by Gasteiger charge is -2.11. The van der Waals surface area contributed by atoms with Crippen molar-refractivity contribution in [3.05, 3.63) is 58.5 Å². The van der Waals surface area contributed by atoms with Gasteiger partial charge in [0.05, 0.1) is 16.6 Å². The van der Waals surface area contributed by atoms with Crippen molar-refractivity contribution in [3.63, 3.8) is 0 Å². The number of pyridine rings is 1. The SMILES string of the molecule is CCn1c(NC(=O)Cn2cc(C(F)(F)F)ccc2=O)nc2ccccc21. The molecule has 26 heavy (non-hydrogen) atoms. The van der Waals surface area contributed by atoms with Gasteiger partial charge < -0.3 is 9.13 Å². The number of halogens is 3. The zero-order valence-corrected chi connectivity index (χ0v) is 13.7. The third-order valence-corrected chi connectivity index (χ3v) is 3.85. The van der Waals surface area contributed by atoms with Crippen molar-refractivity contribution in [2.75, 3.05) is 5.32 Å². The molecule has 2 heterocycles. The number of para-hydroxylation sites is 2. The molecule has 1 aromatic carbocycles. The Balaban J connectivity index is 1.85. The first kappa shape index (κ1) is 17.7. The number of benzene rings is 1. The number of anilines is 1. The fourth-order valence-electron chi connectivity index (χ4n) is 2.63. The first-order valence-corrected chi connectivity index (χ1v) is 7.82. The molecule has 9 heteroatoms. The van der Waals surface area contributed by atoms with Crippen LogP contribution < -0.4 is 10.9 Å². The molecule has 1 amide bonds. The van der Waals surface area contributed by atoms with Gasteiger partial charge in [0.25, 0.3) is 5.56 Å². The maximum absolute atomic E-state index is 12.8. The summed E-state index contributed by atoms with van der Waals surface area (Å²) in [6.45, 7) is 1.87. The van der Waals surface area contributed by atoms with E-state index in [2.05, 4.69) is 10.3 Å². The molecule has 3 rings (SSSR count). The van der Waals surface area contributed by atoms with Gasteiger partial charge in [-0.2, -0.15) is 13.2 Å². The fourth-order valence-corrected chi connectivity index (χ4v) is 2.63. The molecule has 0 spiro atoms. The maximum atomic E-state index is 12.8. The molecule has 1 N–H and O–H groups in total. The van der Waals surface area contributed by atoms with Gasteiger partial charge in [0.1, 0.15) is 6.54 Å². The second kappa shape index (κ2) is 6.66. The molecule has 0 aliphatic heterocycles. The van der Waals surface area contributed by atoms with Crippen LogP contribution in [-0.4, -0.2) is 20.0 Å². The lowest BCUT2D eigenvalue weighted by Crippen LogP contribution is -2.28. The lowest BCUT2D eigenvalue weighted by molar-refractivity contribution is -0.138. The number of aromatic nitrogens is 3. The number of nitrogens with zero attached hydrogens (tertiary/aromatic N) is 3. The Morgan fingerprint density at radius 3 is 2.62 bits per heavy atom. The Morgan fingerprint density at radius 2 is 1.92 bits per heavy atom. The molecule has 0 unspecified atom stereocenters. The van der Waals surface area contributed by atoms with Crippen molar-refractivity contribution in [1.82, 2.24) is 14.1 Å². The fraction of sp³-hybridized carbons (Fsp3) is 0.235. The first-order valence-electron chi connectivity index (χ1n) is 7.82. The number of aryl methyl sites for hydroxylation is 1. The predicted octanol–water partition coefficient (Wildman–Crippen LogP) is 2.88. The van der Waals surface area contributed by atoms with Crippen molar-refractivity contribution in [2.45, 2.75) is 26.2 Å². The van der Waals surface area contributed by atoms with Gasteiger partial charge in [-0.15, -0.1) is 0 Å². The monoisotopic (exact) mass is 364 g/mol. The zero-order valence-electron chi connectivity index (χ0n) is 13.7. The highest BCUT2D eigenvalue weighted by Gasteiger charge is 2.31. The van der Waals surface area contributed by atoms with Crippen LogP contribution in [0.25, 0.3) is 11.0 Å². The van der Waals surface area contributed by atoms with E-state index in [1.165, 1.54) is 0 Å². The zero-order chi connectivity index (χ0) is 18.9. The maximum Gasteiger partial charge on any atom is 0.417 e. The number of imidazole rings is 1. The second-order valence-corrected chi connectivity index (χ2v) is 5.60. The van der Waals surface area contributed by atoms with Crippen molar-refractivity contribution in [3.8, 4) is 0 Å². The standard InChI is InChI=1S/C17H15F3N4O2/c1-2-24-13-6-4-3-5-12(13)21-16(24)22-14(25)10-23-9-11(17(18,19)20)7-8-15(23)26/h3-9H,2,10H2,1H3,(H,21,22,25). The summed E-state index contributed by atoms with van der Waals surface area (Å²) in [7, 11) is 0. The van der Waals surface area contributed by atoms with Crippen molar-refractivity contribution in [2.24, 2.45) is 0 Å². The van der Waals surface area contributed by atoms with Gasteiger partial charge in [-0.1, -0.05) is 12.1 Å². The number of amides is 1. The average molecular weight is 364 g/mol. The van der Waals surface area contributed by atoms with Crippen molar-refractivity contribution >= 4 is 22.9 Å². The van der Waals surface area contributed by atoms with E-state index in [9.17, 15) is 22.8 Å². The van der Waals surface area contributed by atoms with Crippen LogP contribution in [0.1, 0.15) is 12.5 Å². The number of rotatable bonds is 4. The molecule has 2 aromatic heterocycles. The number of alkyl halides is 3. The normalized spacial score (nSPS) is 11.7. The van der Waals surface area contributed by atoms with E-state index in [0.29, 0.717) is 24.3 Å². The van der Waals surface area contributed by atoms with E-state index < -0.39 is 29.8 Å². The average Bonchev–Trinajstić information content (AvgIpc) is 2.92. The van der Waals surface area contributed by atoms with Crippen LogP contribution >= 0.6 is 0 Å². The molecule has 0 fully saturated rings. The Hall–Kier alpha value is -3.10. The molecule has 0 radical (unpaired) electrons. The molecular formula is C17H15F3N4O2. The third-order valence-electron chi connectivity index (χ3n) is 3.85. The molecule has 3 aromatic rings. The van der Waals surface area contributed by atoms with Crippen LogP contribution in [0.2, 0.25) is 0 Å². The molecular weight excluding hydrogens is 349 g/mol. The minimum Gasteiger partial charge on any atom is -0.310 e. The number of carbonyl (C=O) groups is 1. The van der Waals surface area contributed by atoms with Crippen molar-refractivity contribution < 1.29 is 18.0 Å². The molecule has 0 saturated carbocycles. The molecule has 0 saturated heterocycles. The smallest absolute Gasteiger partial charge is 0.310 e. The van der Waals surface area contributed by atoms with Crippen LogP contribution in [-0.2, 0) is 24.1 Å². The second-order valence-electron chi connectivity index (χ2n) is 5.60. The Kier molecular flexibility index (Phi) is 4.54. The quantitative estimate of drug-likeness (QED) is 0.774.